The molecule has 0 aromatic rings. The van der Waals surface area contributed by atoms with Crippen molar-refractivity contribution in [3.63, 3.8) is 0 Å². The molecule has 0 aliphatic rings. The zero-order valence-electron chi connectivity index (χ0n) is 14.2. The van der Waals surface area contributed by atoms with E-state index in [0.29, 0.717) is 12.8 Å². The largest absolute Gasteiger partial charge is 0.458 e. The summed E-state index contributed by atoms with van der Waals surface area (Å²) >= 11 is 7.95. The third kappa shape index (κ3) is 6.41. The molecule has 0 radical (unpaired) electrons. The van der Waals surface area contributed by atoms with Gasteiger partial charge in [-0.05, 0) is 38.5 Å². The smallest absolute Gasteiger partial charge is 0.316 e. The molecule has 0 aliphatic heterocycles. The fourth-order valence-electron chi connectivity index (χ4n) is 2.60. The lowest BCUT2D eigenvalue weighted by Gasteiger charge is -2.37. The Morgan fingerprint density at radius 1 is 0.727 bits per heavy atom. The molecule has 0 aliphatic carbocycles. The van der Waals surface area contributed by atoms with E-state index in [-0.39, 0.29) is 23.4 Å². The Bertz CT molecular complexity index is 316. The molecular formula is C16H30O4S2. The first-order valence-electron chi connectivity index (χ1n) is 8.01. The van der Waals surface area contributed by atoms with Crippen LogP contribution in [0, 0.1) is 0 Å². The summed E-state index contributed by atoms with van der Waals surface area (Å²) in [5.41, 5.74) is -1.02. The van der Waals surface area contributed by atoms with Gasteiger partial charge in [-0.15, -0.1) is 0 Å². The van der Waals surface area contributed by atoms with Crippen molar-refractivity contribution in [2.45, 2.75) is 77.4 Å². The molecule has 22 heavy (non-hydrogen) atoms. The van der Waals surface area contributed by atoms with Gasteiger partial charge in [0.25, 0.3) is 0 Å². The van der Waals surface area contributed by atoms with Gasteiger partial charge in [-0.1, -0.05) is 27.7 Å². The summed E-state index contributed by atoms with van der Waals surface area (Å²) < 4.78 is 11.3. The van der Waals surface area contributed by atoms with E-state index in [1.807, 2.05) is 27.7 Å². The summed E-state index contributed by atoms with van der Waals surface area (Å²) in [6.45, 7) is 8.03. The van der Waals surface area contributed by atoms with Gasteiger partial charge in [0, 0.05) is 0 Å². The monoisotopic (exact) mass is 350 g/mol. The summed E-state index contributed by atoms with van der Waals surface area (Å²) in [4.78, 5) is 23.3. The SMILES string of the molecule is CCC(CC)(CCC(CC)(CC)OC(=O)CS)OC(=O)CS. The van der Waals surface area contributed by atoms with E-state index in [1.54, 1.807) is 0 Å². The molecule has 0 aromatic carbocycles. The van der Waals surface area contributed by atoms with E-state index < -0.39 is 11.2 Å². The van der Waals surface area contributed by atoms with Crippen LogP contribution in [0.15, 0.2) is 0 Å². The average molecular weight is 351 g/mol. The van der Waals surface area contributed by atoms with Crippen LogP contribution >= 0.6 is 25.3 Å². The second-order valence-corrected chi connectivity index (χ2v) is 6.18. The molecule has 6 heteroatoms. The van der Waals surface area contributed by atoms with Gasteiger partial charge in [-0.25, -0.2) is 0 Å². The summed E-state index contributed by atoms with van der Waals surface area (Å²) in [6.07, 6.45) is 4.25. The highest BCUT2D eigenvalue weighted by Crippen LogP contribution is 2.34. The maximum absolute atomic E-state index is 11.6. The first-order valence-corrected chi connectivity index (χ1v) is 9.28. The Labute approximate surface area is 145 Å². The Hall–Kier alpha value is -0.360. The Balaban J connectivity index is 5.03. The molecule has 0 saturated carbocycles. The highest BCUT2D eigenvalue weighted by molar-refractivity contribution is 7.81. The summed E-state index contributed by atoms with van der Waals surface area (Å²) in [5.74, 6) is -0.470. The number of rotatable bonds is 11. The van der Waals surface area contributed by atoms with E-state index in [1.165, 1.54) is 0 Å². The van der Waals surface area contributed by atoms with Gasteiger partial charge in [-0.3, -0.25) is 9.59 Å². The van der Waals surface area contributed by atoms with Gasteiger partial charge < -0.3 is 9.47 Å². The van der Waals surface area contributed by atoms with Gasteiger partial charge in [-0.2, -0.15) is 25.3 Å². The van der Waals surface area contributed by atoms with Crippen LogP contribution in [0.4, 0.5) is 0 Å². The second kappa shape index (κ2) is 10.4. The van der Waals surface area contributed by atoms with Gasteiger partial charge in [0.15, 0.2) is 0 Å². The fourth-order valence-corrected chi connectivity index (χ4v) is 2.73. The minimum absolute atomic E-state index is 0.0725. The highest BCUT2D eigenvalue weighted by Gasteiger charge is 2.37. The molecule has 0 bridgehead atoms. The number of thiol groups is 2. The molecule has 0 rings (SSSR count). The molecule has 130 valence electrons. The minimum Gasteiger partial charge on any atom is -0.458 e. The molecule has 4 nitrogen and oxygen atoms in total. The number of ether oxygens (including phenoxy) is 2. The van der Waals surface area contributed by atoms with E-state index in [4.69, 9.17) is 9.47 Å². The van der Waals surface area contributed by atoms with Gasteiger partial charge in [0.05, 0.1) is 11.5 Å². The van der Waals surface area contributed by atoms with Crippen LogP contribution in [0.2, 0.25) is 0 Å². The topological polar surface area (TPSA) is 52.6 Å². The predicted octanol–water partition coefficient (Wildman–Crippen LogP) is 3.83. The first kappa shape index (κ1) is 21.6. The van der Waals surface area contributed by atoms with E-state index in [9.17, 15) is 9.59 Å². The second-order valence-electron chi connectivity index (χ2n) is 5.54. The van der Waals surface area contributed by atoms with Crippen molar-refractivity contribution in [2.75, 3.05) is 11.5 Å². The maximum Gasteiger partial charge on any atom is 0.316 e. The lowest BCUT2D eigenvalue weighted by molar-refractivity contribution is -0.167. The van der Waals surface area contributed by atoms with Crippen molar-refractivity contribution in [1.82, 2.24) is 0 Å². The van der Waals surface area contributed by atoms with Gasteiger partial charge >= 0.3 is 11.9 Å². The Morgan fingerprint density at radius 2 is 1.00 bits per heavy atom. The Kier molecular flexibility index (Phi) is 10.3. The van der Waals surface area contributed by atoms with Crippen molar-refractivity contribution in [2.24, 2.45) is 0 Å². The van der Waals surface area contributed by atoms with Crippen LogP contribution in [-0.2, 0) is 19.1 Å². The molecule has 0 amide bonds. The first-order chi connectivity index (χ1) is 10.4. The van der Waals surface area contributed by atoms with Gasteiger partial charge in [0.2, 0.25) is 0 Å². The molecule has 0 unspecified atom stereocenters. The molecule has 0 saturated heterocycles. The van der Waals surface area contributed by atoms with Crippen LogP contribution in [0.25, 0.3) is 0 Å². The molecule has 0 fully saturated rings. The van der Waals surface area contributed by atoms with Crippen LogP contribution in [0.1, 0.15) is 66.2 Å². The number of carbonyl (C=O) groups is 2. The lowest BCUT2D eigenvalue weighted by Crippen LogP contribution is -2.40. The number of hydrogen-bond donors (Lipinski definition) is 2. The standard InChI is InChI=1S/C16H30O4S2/c1-5-15(6-2,19-13(17)11-21)9-10-16(7-3,8-4)20-14(18)12-22/h21-22H,5-12H2,1-4H3. The van der Waals surface area contributed by atoms with Crippen molar-refractivity contribution in [3.05, 3.63) is 0 Å². The summed E-state index contributed by atoms with van der Waals surface area (Å²) in [5, 5.41) is 0. The highest BCUT2D eigenvalue weighted by atomic mass is 32.1. The number of carbonyl (C=O) groups excluding carboxylic acids is 2. The zero-order chi connectivity index (χ0) is 17.2. The zero-order valence-corrected chi connectivity index (χ0v) is 16.0. The number of hydrogen-bond acceptors (Lipinski definition) is 6. The van der Waals surface area contributed by atoms with Crippen molar-refractivity contribution in [1.29, 1.82) is 0 Å². The Morgan fingerprint density at radius 3 is 1.18 bits per heavy atom. The van der Waals surface area contributed by atoms with E-state index in [2.05, 4.69) is 25.3 Å². The molecule has 0 N–H and O–H groups in total. The molecule has 0 spiro atoms. The van der Waals surface area contributed by atoms with E-state index in [0.717, 1.165) is 25.7 Å². The molecule has 0 atom stereocenters. The molecular weight excluding hydrogens is 320 g/mol. The third-order valence-corrected chi connectivity index (χ3v) is 5.05. The lowest BCUT2D eigenvalue weighted by atomic mass is 9.83. The van der Waals surface area contributed by atoms with Crippen molar-refractivity contribution < 1.29 is 19.1 Å². The fraction of sp³-hybridized carbons (Fsp3) is 0.875. The van der Waals surface area contributed by atoms with E-state index >= 15 is 0 Å². The van der Waals surface area contributed by atoms with Gasteiger partial charge in [0.1, 0.15) is 11.2 Å². The third-order valence-electron chi connectivity index (χ3n) is 4.53. The van der Waals surface area contributed by atoms with Crippen LogP contribution in [0.5, 0.6) is 0 Å². The van der Waals surface area contributed by atoms with Crippen LogP contribution in [0.3, 0.4) is 0 Å². The normalized spacial score (nSPS) is 12.1. The maximum atomic E-state index is 11.6. The minimum atomic E-state index is -0.511. The number of esters is 2. The van der Waals surface area contributed by atoms with Crippen LogP contribution in [-0.4, -0.2) is 34.6 Å². The summed E-state index contributed by atoms with van der Waals surface area (Å²) in [7, 11) is 0. The van der Waals surface area contributed by atoms with Crippen molar-refractivity contribution >= 4 is 37.2 Å². The molecule has 0 heterocycles. The van der Waals surface area contributed by atoms with Crippen LogP contribution < -0.4 is 0 Å². The summed E-state index contributed by atoms with van der Waals surface area (Å²) in [6, 6.07) is 0. The van der Waals surface area contributed by atoms with Crippen molar-refractivity contribution in [3.8, 4) is 0 Å². The molecule has 0 aromatic heterocycles. The quantitative estimate of drug-likeness (QED) is 0.439. The predicted molar refractivity (Wildman–Crippen MR) is 95.8 cm³/mol. The average Bonchev–Trinajstić information content (AvgIpc) is 2.56.